The summed E-state index contributed by atoms with van der Waals surface area (Å²) < 4.78 is 19.1. The van der Waals surface area contributed by atoms with Gasteiger partial charge in [0.2, 0.25) is 0 Å². The van der Waals surface area contributed by atoms with Crippen LogP contribution < -0.4 is 10.1 Å². The van der Waals surface area contributed by atoms with E-state index in [0.717, 1.165) is 5.56 Å². The molecule has 1 atom stereocenters. The molecule has 0 bridgehead atoms. The summed E-state index contributed by atoms with van der Waals surface area (Å²) in [7, 11) is 0. The Kier molecular flexibility index (Phi) is 5.76. The molecule has 1 unspecified atom stereocenters. The highest BCUT2D eigenvalue weighted by Gasteiger charge is 2.10. The Balaban J connectivity index is 2.59. The lowest BCUT2D eigenvalue weighted by molar-refractivity contribution is 0.171. The van der Waals surface area contributed by atoms with Crippen LogP contribution in [0.15, 0.2) is 18.2 Å². The van der Waals surface area contributed by atoms with E-state index in [4.69, 9.17) is 9.84 Å². The number of ether oxygens (including phenoxy) is 1. The summed E-state index contributed by atoms with van der Waals surface area (Å²) in [5.41, 5.74) is 0.886. The van der Waals surface area contributed by atoms with Gasteiger partial charge in [0.05, 0.1) is 6.61 Å². The van der Waals surface area contributed by atoms with Crippen LogP contribution in [0.4, 0.5) is 4.39 Å². The Hall–Kier alpha value is -1.13. The second-order valence-electron chi connectivity index (χ2n) is 5.97. The summed E-state index contributed by atoms with van der Waals surface area (Å²) in [6.45, 7) is 9.01. The number of hydrogen-bond acceptors (Lipinski definition) is 3. The molecule has 0 radical (unpaired) electrons. The molecule has 0 heterocycles. The van der Waals surface area contributed by atoms with Gasteiger partial charge in [-0.05, 0) is 38.5 Å². The fraction of sp³-hybridized carbons (Fsp3) is 0.600. The van der Waals surface area contributed by atoms with Crippen LogP contribution in [0.1, 0.15) is 33.3 Å². The third-order valence-electron chi connectivity index (χ3n) is 2.65. The summed E-state index contributed by atoms with van der Waals surface area (Å²) in [4.78, 5) is 0. The molecule has 0 saturated heterocycles. The molecule has 2 N–H and O–H groups in total. The normalized spacial score (nSPS) is 13.4. The van der Waals surface area contributed by atoms with E-state index in [0.29, 0.717) is 13.2 Å². The molecule has 1 aromatic rings. The smallest absolute Gasteiger partial charge is 0.165 e. The van der Waals surface area contributed by atoms with E-state index in [1.807, 2.05) is 13.0 Å². The first-order chi connectivity index (χ1) is 8.81. The van der Waals surface area contributed by atoms with Crippen LogP contribution >= 0.6 is 0 Å². The lowest BCUT2D eigenvalue weighted by atomic mass is 10.1. The van der Waals surface area contributed by atoms with Gasteiger partial charge in [0.25, 0.3) is 0 Å². The number of aliphatic hydroxyl groups is 1. The maximum Gasteiger partial charge on any atom is 0.165 e. The summed E-state index contributed by atoms with van der Waals surface area (Å²) >= 11 is 0. The number of nitrogens with one attached hydrogen (secondary N) is 1. The van der Waals surface area contributed by atoms with Crippen molar-refractivity contribution in [3.05, 3.63) is 29.6 Å². The molecule has 0 saturated carbocycles. The summed E-state index contributed by atoms with van der Waals surface area (Å²) in [6.07, 6.45) is 0. The number of halogens is 1. The molecule has 3 nitrogen and oxygen atoms in total. The van der Waals surface area contributed by atoms with Crippen molar-refractivity contribution in [1.29, 1.82) is 0 Å². The average Bonchev–Trinajstić information content (AvgIpc) is 2.34. The van der Waals surface area contributed by atoms with Gasteiger partial charge in [0, 0.05) is 24.6 Å². The molecule has 0 fully saturated rings. The van der Waals surface area contributed by atoms with Crippen molar-refractivity contribution < 1.29 is 14.2 Å². The van der Waals surface area contributed by atoms with Crippen molar-refractivity contribution in [3.63, 3.8) is 0 Å². The van der Waals surface area contributed by atoms with E-state index in [1.165, 1.54) is 6.07 Å². The van der Waals surface area contributed by atoms with E-state index >= 15 is 0 Å². The highest BCUT2D eigenvalue weighted by atomic mass is 19.1. The lowest BCUT2D eigenvalue weighted by Crippen LogP contribution is -2.35. The molecular formula is C15H24FNO2. The van der Waals surface area contributed by atoms with Gasteiger partial charge in [0.15, 0.2) is 11.6 Å². The zero-order valence-electron chi connectivity index (χ0n) is 12.2. The van der Waals surface area contributed by atoms with Crippen LogP contribution in [0.2, 0.25) is 0 Å². The van der Waals surface area contributed by atoms with Gasteiger partial charge in [0.1, 0.15) is 0 Å². The first-order valence-corrected chi connectivity index (χ1v) is 6.59. The molecule has 0 aliphatic rings. The predicted molar refractivity (Wildman–Crippen MR) is 74.7 cm³/mol. The van der Waals surface area contributed by atoms with E-state index in [9.17, 15) is 4.39 Å². The Morgan fingerprint density at radius 1 is 1.37 bits per heavy atom. The van der Waals surface area contributed by atoms with Gasteiger partial charge in [-0.25, -0.2) is 4.39 Å². The largest absolute Gasteiger partial charge is 0.490 e. The maximum absolute atomic E-state index is 13.8. The molecule has 1 rings (SSSR count). The van der Waals surface area contributed by atoms with Crippen molar-refractivity contribution in [2.24, 2.45) is 5.92 Å². The minimum absolute atomic E-state index is 0.00151. The van der Waals surface area contributed by atoms with Crippen molar-refractivity contribution in [2.75, 3.05) is 13.2 Å². The monoisotopic (exact) mass is 269 g/mol. The van der Waals surface area contributed by atoms with Crippen LogP contribution in [0.3, 0.4) is 0 Å². The standard InChI is InChI=1S/C15H24FNO2/c1-11(9-18)10-19-14-6-5-12(7-13(14)16)8-17-15(2,3)4/h5-7,11,17-18H,8-10H2,1-4H3. The maximum atomic E-state index is 13.8. The fourth-order valence-corrected chi connectivity index (χ4v) is 1.42. The number of benzene rings is 1. The summed E-state index contributed by atoms with van der Waals surface area (Å²) in [5, 5.41) is 12.2. The van der Waals surface area contributed by atoms with E-state index in [-0.39, 0.29) is 29.6 Å². The number of aliphatic hydroxyl groups excluding tert-OH is 1. The van der Waals surface area contributed by atoms with Crippen molar-refractivity contribution in [1.82, 2.24) is 5.32 Å². The van der Waals surface area contributed by atoms with Gasteiger partial charge in [-0.3, -0.25) is 0 Å². The highest BCUT2D eigenvalue weighted by molar-refractivity contribution is 5.29. The van der Waals surface area contributed by atoms with Crippen LogP contribution in [0, 0.1) is 11.7 Å². The molecule has 0 aliphatic heterocycles. The molecule has 0 spiro atoms. The zero-order valence-corrected chi connectivity index (χ0v) is 12.2. The van der Waals surface area contributed by atoms with E-state index < -0.39 is 0 Å². The first kappa shape index (κ1) is 15.9. The van der Waals surface area contributed by atoms with E-state index in [1.54, 1.807) is 6.07 Å². The predicted octanol–water partition coefficient (Wildman–Crippen LogP) is 2.72. The molecule has 1 aromatic carbocycles. The highest BCUT2D eigenvalue weighted by Crippen LogP contribution is 2.19. The SMILES string of the molecule is CC(CO)COc1ccc(CNC(C)(C)C)cc1F. The summed E-state index contributed by atoms with van der Waals surface area (Å²) in [6, 6.07) is 4.97. The Labute approximate surface area is 114 Å². The van der Waals surface area contributed by atoms with Gasteiger partial charge in [-0.2, -0.15) is 0 Å². The lowest BCUT2D eigenvalue weighted by Gasteiger charge is -2.20. The Bertz CT molecular complexity index is 402. The fourth-order valence-electron chi connectivity index (χ4n) is 1.42. The number of rotatable bonds is 6. The first-order valence-electron chi connectivity index (χ1n) is 6.59. The Morgan fingerprint density at radius 3 is 2.58 bits per heavy atom. The molecule has 19 heavy (non-hydrogen) atoms. The van der Waals surface area contributed by atoms with Gasteiger partial charge >= 0.3 is 0 Å². The van der Waals surface area contributed by atoms with Crippen molar-refractivity contribution >= 4 is 0 Å². The second-order valence-corrected chi connectivity index (χ2v) is 5.97. The molecule has 108 valence electrons. The molecule has 4 heteroatoms. The van der Waals surface area contributed by atoms with Gasteiger partial charge in [-0.1, -0.05) is 13.0 Å². The summed E-state index contributed by atoms with van der Waals surface area (Å²) in [5.74, 6) is -0.125. The zero-order chi connectivity index (χ0) is 14.5. The quantitative estimate of drug-likeness (QED) is 0.834. The second kappa shape index (κ2) is 6.87. The minimum Gasteiger partial charge on any atom is -0.490 e. The third kappa shape index (κ3) is 6.03. The average molecular weight is 269 g/mol. The van der Waals surface area contributed by atoms with Gasteiger partial charge in [-0.15, -0.1) is 0 Å². The molecule has 0 amide bonds. The molecule has 0 aliphatic carbocycles. The topological polar surface area (TPSA) is 41.5 Å². The molecule has 0 aromatic heterocycles. The van der Waals surface area contributed by atoms with Crippen LogP contribution in [-0.4, -0.2) is 23.9 Å². The Morgan fingerprint density at radius 2 is 2.05 bits per heavy atom. The van der Waals surface area contributed by atoms with Gasteiger partial charge < -0.3 is 15.2 Å². The van der Waals surface area contributed by atoms with Crippen molar-refractivity contribution in [3.8, 4) is 5.75 Å². The van der Waals surface area contributed by atoms with E-state index in [2.05, 4.69) is 26.1 Å². The van der Waals surface area contributed by atoms with Crippen LogP contribution in [-0.2, 0) is 6.54 Å². The molecular weight excluding hydrogens is 245 g/mol. The van der Waals surface area contributed by atoms with Crippen molar-refractivity contribution in [2.45, 2.75) is 39.8 Å². The number of hydrogen-bond donors (Lipinski definition) is 2. The van der Waals surface area contributed by atoms with Crippen LogP contribution in [0.5, 0.6) is 5.75 Å². The van der Waals surface area contributed by atoms with Crippen LogP contribution in [0.25, 0.3) is 0 Å². The third-order valence-corrected chi connectivity index (χ3v) is 2.65. The minimum atomic E-state index is -0.363.